The van der Waals surface area contributed by atoms with Gasteiger partial charge in [-0.05, 0) is 43.9 Å². The number of carboxylic acid groups (broad SMARTS) is 1. The predicted molar refractivity (Wildman–Crippen MR) is 67.3 cm³/mol. The Morgan fingerprint density at radius 1 is 1.28 bits per heavy atom. The highest BCUT2D eigenvalue weighted by Crippen LogP contribution is 2.56. The van der Waals surface area contributed by atoms with Crippen molar-refractivity contribution in [3.05, 3.63) is 0 Å². The smallest absolute Gasteiger partial charge is 0.317 e. The van der Waals surface area contributed by atoms with Crippen molar-refractivity contribution in [2.45, 2.75) is 51.0 Å². The number of carbonyl (C=O) groups excluding carboxylic acids is 1. The van der Waals surface area contributed by atoms with E-state index in [4.69, 9.17) is 5.11 Å². The van der Waals surface area contributed by atoms with Crippen molar-refractivity contribution in [1.29, 1.82) is 0 Å². The first-order valence-electron chi connectivity index (χ1n) is 6.74. The lowest BCUT2D eigenvalue weighted by Gasteiger charge is -2.30. The second-order valence-corrected chi connectivity index (χ2v) is 5.79. The summed E-state index contributed by atoms with van der Waals surface area (Å²) < 4.78 is 0. The Balaban J connectivity index is 1.68. The number of amides is 2. The van der Waals surface area contributed by atoms with Crippen molar-refractivity contribution < 1.29 is 14.7 Å². The first-order valence-corrected chi connectivity index (χ1v) is 6.74. The van der Waals surface area contributed by atoms with Crippen LogP contribution in [-0.4, -0.2) is 41.6 Å². The molecule has 2 rings (SSSR count). The van der Waals surface area contributed by atoms with E-state index < -0.39 is 5.97 Å². The van der Waals surface area contributed by atoms with E-state index in [1.165, 1.54) is 30.6 Å². The van der Waals surface area contributed by atoms with E-state index in [9.17, 15) is 9.59 Å². The van der Waals surface area contributed by atoms with Gasteiger partial charge in [0.15, 0.2) is 0 Å². The third-order valence-corrected chi connectivity index (χ3v) is 4.34. The maximum Gasteiger partial charge on any atom is 0.317 e. The fourth-order valence-corrected chi connectivity index (χ4v) is 2.70. The SMILES string of the molecule is CN(CCC(=O)O)C(=O)NC1CCC2(CC1)CC2. The van der Waals surface area contributed by atoms with Gasteiger partial charge in [-0.1, -0.05) is 0 Å². The minimum absolute atomic E-state index is 0.00228. The largest absolute Gasteiger partial charge is 0.481 e. The zero-order chi connectivity index (χ0) is 13.2. The van der Waals surface area contributed by atoms with Crippen LogP contribution >= 0.6 is 0 Å². The number of rotatable bonds is 4. The number of urea groups is 1. The molecule has 5 heteroatoms. The molecule has 0 aromatic heterocycles. The molecule has 0 aliphatic heterocycles. The van der Waals surface area contributed by atoms with E-state index in [0.717, 1.165) is 12.8 Å². The number of nitrogens with one attached hydrogen (secondary N) is 1. The molecule has 2 aliphatic carbocycles. The molecule has 0 aromatic rings. The molecule has 2 saturated carbocycles. The fraction of sp³-hybridized carbons (Fsp3) is 0.846. The minimum Gasteiger partial charge on any atom is -0.481 e. The standard InChI is InChI=1S/C13H22N2O3/c1-15(9-4-11(16)17)12(18)14-10-2-5-13(6-3-10)7-8-13/h10H,2-9H2,1H3,(H,14,18)(H,16,17). The van der Waals surface area contributed by atoms with Crippen LogP contribution in [0.5, 0.6) is 0 Å². The first kappa shape index (κ1) is 13.2. The van der Waals surface area contributed by atoms with Gasteiger partial charge in [0.2, 0.25) is 0 Å². The molecule has 0 unspecified atom stereocenters. The van der Waals surface area contributed by atoms with Crippen molar-refractivity contribution >= 4 is 12.0 Å². The highest BCUT2D eigenvalue weighted by molar-refractivity contribution is 5.75. The average molecular weight is 254 g/mol. The first-order chi connectivity index (χ1) is 8.51. The molecule has 1 spiro atoms. The lowest BCUT2D eigenvalue weighted by Crippen LogP contribution is -2.45. The lowest BCUT2D eigenvalue weighted by atomic mass is 9.83. The van der Waals surface area contributed by atoms with Gasteiger partial charge < -0.3 is 15.3 Å². The summed E-state index contributed by atoms with van der Waals surface area (Å²) in [6.07, 6.45) is 7.33. The van der Waals surface area contributed by atoms with Crippen LogP contribution in [0.2, 0.25) is 0 Å². The molecule has 2 fully saturated rings. The van der Waals surface area contributed by atoms with Gasteiger partial charge >= 0.3 is 12.0 Å². The van der Waals surface area contributed by atoms with E-state index in [-0.39, 0.29) is 25.0 Å². The van der Waals surface area contributed by atoms with E-state index in [1.807, 2.05) is 0 Å². The van der Waals surface area contributed by atoms with Gasteiger partial charge in [-0.25, -0.2) is 4.79 Å². The summed E-state index contributed by atoms with van der Waals surface area (Å²) in [5.41, 5.74) is 0.635. The Bertz CT molecular complexity index is 329. The normalized spacial score (nSPS) is 21.6. The summed E-state index contributed by atoms with van der Waals surface area (Å²) in [6.45, 7) is 0.262. The van der Waals surface area contributed by atoms with E-state index in [0.29, 0.717) is 5.41 Å². The number of carbonyl (C=O) groups is 2. The molecule has 0 radical (unpaired) electrons. The van der Waals surface area contributed by atoms with Crippen molar-refractivity contribution in [2.24, 2.45) is 5.41 Å². The molecule has 102 valence electrons. The number of nitrogens with zero attached hydrogens (tertiary/aromatic N) is 1. The summed E-state index contributed by atoms with van der Waals surface area (Å²) in [6, 6.07) is 0.129. The Hall–Kier alpha value is -1.26. The second-order valence-electron chi connectivity index (χ2n) is 5.79. The molecule has 2 N–H and O–H groups in total. The van der Waals surface area contributed by atoms with E-state index >= 15 is 0 Å². The van der Waals surface area contributed by atoms with Crippen LogP contribution in [-0.2, 0) is 4.79 Å². The fourth-order valence-electron chi connectivity index (χ4n) is 2.70. The monoisotopic (exact) mass is 254 g/mol. The summed E-state index contributed by atoms with van der Waals surface area (Å²) in [7, 11) is 1.64. The van der Waals surface area contributed by atoms with Gasteiger partial charge in [-0.3, -0.25) is 4.79 Å². The van der Waals surface area contributed by atoms with Crippen LogP contribution < -0.4 is 5.32 Å². The summed E-state index contributed by atoms with van der Waals surface area (Å²) in [4.78, 5) is 23.7. The van der Waals surface area contributed by atoms with Crippen LogP contribution in [0.25, 0.3) is 0 Å². The quantitative estimate of drug-likeness (QED) is 0.804. The molecular formula is C13H22N2O3. The molecule has 5 nitrogen and oxygen atoms in total. The third-order valence-electron chi connectivity index (χ3n) is 4.34. The summed E-state index contributed by atoms with van der Waals surface area (Å²) in [5.74, 6) is -0.872. The number of hydrogen-bond acceptors (Lipinski definition) is 2. The molecule has 0 heterocycles. The minimum atomic E-state index is -0.872. The molecular weight excluding hydrogens is 232 g/mol. The van der Waals surface area contributed by atoms with Gasteiger partial charge in [-0.2, -0.15) is 0 Å². The van der Waals surface area contributed by atoms with Crippen molar-refractivity contribution in [1.82, 2.24) is 10.2 Å². The van der Waals surface area contributed by atoms with Gasteiger partial charge in [-0.15, -0.1) is 0 Å². The van der Waals surface area contributed by atoms with Gasteiger partial charge in [0, 0.05) is 19.6 Å². The Morgan fingerprint density at radius 2 is 1.89 bits per heavy atom. The summed E-state index contributed by atoms with van der Waals surface area (Å²) in [5, 5.41) is 11.6. The van der Waals surface area contributed by atoms with Crippen LogP contribution in [0, 0.1) is 5.41 Å². The molecule has 0 aromatic carbocycles. The second kappa shape index (κ2) is 5.16. The molecule has 0 saturated heterocycles. The van der Waals surface area contributed by atoms with Gasteiger partial charge in [0.25, 0.3) is 0 Å². The highest BCUT2D eigenvalue weighted by atomic mass is 16.4. The third kappa shape index (κ3) is 3.37. The zero-order valence-corrected chi connectivity index (χ0v) is 10.9. The number of aliphatic carboxylic acids is 1. The van der Waals surface area contributed by atoms with Crippen LogP contribution in [0.1, 0.15) is 44.9 Å². The Morgan fingerprint density at radius 3 is 2.39 bits per heavy atom. The Labute approximate surface area is 108 Å². The zero-order valence-electron chi connectivity index (χ0n) is 10.9. The van der Waals surface area contributed by atoms with E-state index in [2.05, 4.69) is 5.32 Å². The van der Waals surface area contributed by atoms with Crippen LogP contribution in [0.15, 0.2) is 0 Å². The van der Waals surface area contributed by atoms with Crippen molar-refractivity contribution in [3.63, 3.8) is 0 Å². The van der Waals surface area contributed by atoms with Crippen molar-refractivity contribution in [2.75, 3.05) is 13.6 Å². The maximum absolute atomic E-state index is 11.8. The maximum atomic E-state index is 11.8. The Kier molecular flexibility index (Phi) is 3.78. The average Bonchev–Trinajstić information content (AvgIpc) is 3.09. The van der Waals surface area contributed by atoms with Crippen molar-refractivity contribution in [3.8, 4) is 0 Å². The lowest BCUT2D eigenvalue weighted by molar-refractivity contribution is -0.137. The number of carboxylic acids is 1. The van der Waals surface area contributed by atoms with Crippen LogP contribution in [0.3, 0.4) is 0 Å². The molecule has 2 amide bonds. The molecule has 2 aliphatic rings. The van der Waals surface area contributed by atoms with E-state index in [1.54, 1.807) is 7.05 Å². The van der Waals surface area contributed by atoms with Gasteiger partial charge in [0.1, 0.15) is 0 Å². The van der Waals surface area contributed by atoms with Crippen LogP contribution in [0.4, 0.5) is 4.79 Å². The molecule has 18 heavy (non-hydrogen) atoms. The number of hydrogen-bond donors (Lipinski definition) is 2. The summed E-state index contributed by atoms with van der Waals surface area (Å²) >= 11 is 0. The highest BCUT2D eigenvalue weighted by Gasteiger charge is 2.44. The topological polar surface area (TPSA) is 69.6 Å². The molecule has 0 bridgehead atoms. The predicted octanol–water partition coefficient (Wildman–Crippen LogP) is 1.83. The van der Waals surface area contributed by atoms with Gasteiger partial charge in [0.05, 0.1) is 6.42 Å². The molecule has 0 atom stereocenters.